The molecule has 0 spiro atoms. The Hall–Kier alpha value is -2.17. The summed E-state index contributed by atoms with van der Waals surface area (Å²) in [4.78, 5) is 19.1. The molecule has 1 fully saturated rings. The van der Waals surface area contributed by atoms with Gasteiger partial charge in [0.05, 0.1) is 0 Å². The van der Waals surface area contributed by atoms with Gasteiger partial charge < -0.3 is 9.42 Å². The van der Waals surface area contributed by atoms with Crippen LogP contribution in [-0.4, -0.2) is 27.5 Å². The Morgan fingerprint density at radius 2 is 2.17 bits per heavy atom. The molecule has 0 radical (unpaired) electrons. The fourth-order valence-corrected chi connectivity index (χ4v) is 3.15. The quantitative estimate of drug-likeness (QED) is 0.850. The highest BCUT2D eigenvalue weighted by Crippen LogP contribution is 2.34. The van der Waals surface area contributed by atoms with Crippen molar-refractivity contribution in [2.75, 3.05) is 6.54 Å². The second kappa shape index (κ2) is 6.38. The fraction of sp³-hybridized carbons (Fsp3) is 0.526. The van der Waals surface area contributed by atoms with E-state index in [0.717, 1.165) is 30.5 Å². The summed E-state index contributed by atoms with van der Waals surface area (Å²) in [5.74, 6) is 1.30. The first kappa shape index (κ1) is 16.7. The first-order valence-corrected chi connectivity index (χ1v) is 8.54. The SMILES string of the molecule is Cc1cccc(-c2noc([C@@H]3CCCN3C(=O)CC(C)(C)C)n2)c1. The Morgan fingerprint density at radius 3 is 2.88 bits per heavy atom. The monoisotopic (exact) mass is 327 g/mol. The number of aryl methyl sites for hydroxylation is 1. The van der Waals surface area contributed by atoms with Gasteiger partial charge in [0.15, 0.2) is 0 Å². The highest BCUT2D eigenvalue weighted by molar-refractivity contribution is 5.77. The molecule has 1 aromatic carbocycles. The van der Waals surface area contributed by atoms with Crippen molar-refractivity contribution in [2.24, 2.45) is 5.41 Å². The van der Waals surface area contributed by atoms with Crippen molar-refractivity contribution in [3.63, 3.8) is 0 Å². The fourth-order valence-electron chi connectivity index (χ4n) is 3.15. The zero-order valence-corrected chi connectivity index (χ0v) is 14.9. The van der Waals surface area contributed by atoms with E-state index in [0.29, 0.717) is 18.1 Å². The maximum absolute atomic E-state index is 12.6. The van der Waals surface area contributed by atoms with Crippen LogP contribution in [0.2, 0.25) is 0 Å². The van der Waals surface area contributed by atoms with E-state index in [1.165, 1.54) is 0 Å². The number of benzene rings is 1. The van der Waals surface area contributed by atoms with Crippen LogP contribution in [0.4, 0.5) is 0 Å². The molecule has 1 saturated heterocycles. The molecule has 1 amide bonds. The smallest absolute Gasteiger partial charge is 0.249 e. The third kappa shape index (κ3) is 3.66. The number of likely N-dealkylation sites (tertiary alicyclic amines) is 1. The van der Waals surface area contributed by atoms with Crippen molar-refractivity contribution < 1.29 is 9.32 Å². The van der Waals surface area contributed by atoms with E-state index in [1.807, 2.05) is 36.1 Å². The second-order valence-electron chi connectivity index (χ2n) is 7.81. The lowest BCUT2D eigenvalue weighted by Gasteiger charge is -2.26. The summed E-state index contributed by atoms with van der Waals surface area (Å²) in [6.45, 7) is 9.05. The minimum atomic E-state index is -0.0918. The number of amides is 1. The topological polar surface area (TPSA) is 59.2 Å². The normalized spacial score (nSPS) is 18.2. The Balaban J connectivity index is 1.80. The third-order valence-corrected chi connectivity index (χ3v) is 4.26. The molecule has 0 bridgehead atoms. The molecule has 2 heterocycles. The van der Waals surface area contributed by atoms with Crippen molar-refractivity contribution in [1.29, 1.82) is 0 Å². The van der Waals surface area contributed by atoms with Crippen LogP contribution in [0.3, 0.4) is 0 Å². The summed E-state index contributed by atoms with van der Waals surface area (Å²) in [5, 5.41) is 4.12. The highest BCUT2D eigenvalue weighted by Gasteiger charge is 2.35. The predicted molar refractivity (Wildman–Crippen MR) is 92.2 cm³/mol. The molecule has 0 unspecified atom stereocenters. The zero-order valence-electron chi connectivity index (χ0n) is 14.9. The lowest BCUT2D eigenvalue weighted by atomic mass is 9.91. The number of carbonyl (C=O) groups is 1. The van der Waals surface area contributed by atoms with Crippen LogP contribution in [0.15, 0.2) is 28.8 Å². The van der Waals surface area contributed by atoms with E-state index in [-0.39, 0.29) is 17.4 Å². The lowest BCUT2D eigenvalue weighted by molar-refractivity contribution is -0.134. The van der Waals surface area contributed by atoms with Crippen LogP contribution in [0.5, 0.6) is 0 Å². The molecule has 0 aliphatic carbocycles. The van der Waals surface area contributed by atoms with E-state index < -0.39 is 0 Å². The molecule has 3 rings (SSSR count). The first-order valence-electron chi connectivity index (χ1n) is 8.54. The van der Waals surface area contributed by atoms with Gasteiger partial charge in [-0.05, 0) is 31.2 Å². The van der Waals surface area contributed by atoms with Gasteiger partial charge in [-0.3, -0.25) is 4.79 Å². The van der Waals surface area contributed by atoms with Gasteiger partial charge in [0.25, 0.3) is 0 Å². The standard InChI is InChI=1S/C19H25N3O2/c1-13-7-5-8-14(11-13)17-20-18(24-21-17)15-9-6-10-22(15)16(23)12-19(2,3)4/h5,7-8,11,15H,6,9-10,12H2,1-4H3/t15-/m0/s1. The molecule has 2 aromatic rings. The summed E-state index contributed by atoms with van der Waals surface area (Å²) in [7, 11) is 0. The minimum Gasteiger partial charge on any atom is -0.337 e. The van der Waals surface area contributed by atoms with Gasteiger partial charge in [0.2, 0.25) is 17.6 Å². The number of hydrogen-bond acceptors (Lipinski definition) is 4. The predicted octanol–water partition coefficient (Wildman–Crippen LogP) is 4.14. The van der Waals surface area contributed by atoms with Crippen LogP contribution in [-0.2, 0) is 4.79 Å². The summed E-state index contributed by atoms with van der Waals surface area (Å²) in [6.07, 6.45) is 2.39. The number of aromatic nitrogens is 2. The Morgan fingerprint density at radius 1 is 1.38 bits per heavy atom. The zero-order chi connectivity index (χ0) is 17.3. The van der Waals surface area contributed by atoms with Gasteiger partial charge in [0.1, 0.15) is 6.04 Å². The van der Waals surface area contributed by atoms with E-state index in [2.05, 4.69) is 30.9 Å². The Labute approximate surface area is 143 Å². The number of hydrogen-bond donors (Lipinski definition) is 0. The van der Waals surface area contributed by atoms with Crippen LogP contribution in [0, 0.1) is 12.3 Å². The highest BCUT2D eigenvalue weighted by atomic mass is 16.5. The van der Waals surface area contributed by atoms with Crippen LogP contribution >= 0.6 is 0 Å². The minimum absolute atomic E-state index is 0.0220. The van der Waals surface area contributed by atoms with E-state index in [4.69, 9.17) is 4.52 Å². The Bertz CT molecular complexity index is 730. The number of rotatable bonds is 3. The van der Waals surface area contributed by atoms with Gasteiger partial charge in [-0.25, -0.2) is 0 Å². The van der Waals surface area contributed by atoms with Crippen molar-refractivity contribution in [2.45, 2.75) is 53.0 Å². The average molecular weight is 327 g/mol. The largest absolute Gasteiger partial charge is 0.337 e. The molecule has 128 valence electrons. The summed E-state index contributed by atoms with van der Waals surface area (Å²) < 4.78 is 5.50. The first-order chi connectivity index (χ1) is 11.3. The van der Waals surface area contributed by atoms with Gasteiger partial charge in [-0.1, -0.05) is 49.7 Å². The van der Waals surface area contributed by atoms with Gasteiger partial charge in [0, 0.05) is 18.5 Å². The maximum Gasteiger partial charge on any atom is 0.249 e. The molecule has 1 atom stereocenters. The van der Waals surface area contributed by atoms with Gasteiger partial charge in [-0.2, -0.15) is 4.98 Å². The molecule has 1 aromatic heterocycles. The summed E-state index contributed by atoms with van der Waals surface area (Å²) >= 11 is 0. The second-order valence-corrected chi connectivity index (χ2v) is 7.81. The molecule has 1 aliphatic rings. The van der Waals surface area contributed by atoms with Crippen molar-refractivity contribution in [1.82, 2.24) is 15.0 Å². The molecule has 0 saturated carbocycles. The van der Waals surface area contributed by atoms with Crippen molar-refractivity contribution in [3.8, 4) is 11.4 Å². The van der Waals surface area contributed by atoms with Crippen molar-refractivity contribution >= 4 is 5.91 Å². The molecular formula is C19H25N3O2. The molecule has 0 N–H and O–H groups in total. The molecule has 5 heteroatoms. The maximum atomic E-state index is 12.6. The van der Waals surface area contributed by atoms with E-state index in [9.17, 15) is 4.79 Å². The summed E-state index contributed by atoms with van der Waals surface area (Å²) in [6, 6.07) is 7.93. The van der Waals surface area contributed by atoms with Gasteiger partial charge in [-0.15, -0.1) is 0 Å². The van der Waals surface area contributed by atoms with Crippen LogP contribution < -0.4 is 0 Å². The molecule has 24 heavy (non-hydrogen) atoms. The Kier molecular flexibility index (Phi) is 4.43. The summed E-state index contributed by atoms with van der Waals surface area (Å²) in [5.41, 5.74) is 2.07. The number of carbonyl (C=O) groups excluding carboxylic acids is 1. The molecule has 5 nitrogen and oxygen atoms in total. The molecule has 1 aliphatic heterocycles. The third-order valence-electron chi connectivity index (χ3n) is 4.26. The molecular weight excluding hydrogens is 302 g/mol. The van der Waals surface area contributed by atoms with Crippen molar-refractivity contribution in [3.05, 3.63) is 35.7 Å². The van der Waals surface area contributed by atoms with Gasteiger partial charge >= 0.3 is 0 Å². The van der Waals surface area contributed by atoms with E-state index >= 15 is 0 Å². The number of nitrogens with zero attached hydrogens (tertiary/aromatic N) is 3. The average Bonchev–Trinajstić information content (AvgIpc) is 3.14. The van der Waals surface area contributed by atoms with Crippen LogP contribution in [0.1, 0.15) is 57.5 Å². The lowest BCUT2D eigenvalue weighted by Crippen LogP contribution is -2.33. The van der Waals surface area contributed by atoms with E-state index in [1.54, 1.807) is 0 Å². The van der Waals surface area contributed by atoms with Crippen LogP contribution in [0.25, 0.3) is 11.4 Å².